The van der Waals surface area contributed by atoms with E-state index in [1.165, 1.54) is 6.42 Å². The Balaban J connectivity index is 2.06. The fraction of sp³-hybridized carbons (Fsp3) is 0.625. The zero-order valence-corrected chi connectivity index (χ0v) is 5.92. The van der Waals surface area contributed by atoms with E-state index in [1.807, 2.05) is 4.90 Å². The number of β-lactam (4-membered cyclic amide) rings is 1. The molecular formula is C8H11NO. The molecule has 0 aliphatic carbocycles. The first-order valence-corrected chi connectivity index (χ1v) is 3.82. The summed E-state index contributed by atoms with van der Waals surface area (Å²) in [5.74, 6) is 0.330. The van der Waals surface area contributed by atoms with Gasteiger partial charge >= 0.3 is 0 Å². The molecule has 2 heterocycles. The van der Waals surface area contributed by atoms with Crippen LogP contribution < -0.4 is 0 Å². The molecule has 1 saturated heterocycles. The lowest BCUT2D eigenvalue weighted by Crippen LogP contribution is -2.51. The third-order valence-corrected chi connectivity index (χ3v) is 2.31. The van der Waals surface area contributed by atoms with Crippen LogP contribution in [-0.2, 0) is 4.79 Å². The summed E-state index contributed by atoms with van der Waals surface area (Å²) in [6.45, 7) is 0.851. The number of allylic oxidation sites excluding steroid dienone is 1. The molecular weight excluding hydrogens is 126 g/mol. The van der Waals surface area contributed by atoms with Crippen molar-refractivity contribution in [2.45, 2.75) is 25.3 Å². The third-order valence-electron chi connectivity index (χ3n) is 2.31. The summed E-state index contributed by atoms with van der Waals surface area (Å²) >= 11 is 0. The van der Waals surface area contributed by atoms with Gasteiger partial charge < -0.3 is 4.90 Å². The minimum absolute atomic E-state index is 0.330. The number of rotatable bonds is 0. The molecule has 1 atom stereocenters. The molecule has 1 fully saturated rings. The molecule has 2 rings (SSSR count). The minimum atomic E-state index is 0.330. The Bertz CT molecular complexity index is 186. The molecule has 0 radical (unpaired) electrons. The second kappa shape index (κ2) is 2.11. The number of hydrogen-bond acceptors (Lipinski definition) is 1. The first kappa shape index (κ1) is 5.96. The highest BCUT2D eigenvalue weighted by Crippen LogP contribution is 2.25. The van der Waals surface area contributed by atoms with Crippen LogP contribution in [0.15, 0.2) is 12.2 Å². The lowest BCUT2D eigenvalue weighted by Gasteiger charge is -2.38. The van der Waals surface area contributed by atoms with Crippen molar-refractivity contribution in [3.05, 3.63) is 12.2 Å². The van der Waals surface area contributed by atoms with Crippen LogP contribution in [0.25, 0.3) is 0 Å². The van der Waals surface area contributed by atoms with Crippen LogP contribution in [0.4, 0.5) is 0 Å². The number of carbonyl (C=O) groups is 1. The van der Waals surface area contributed by atoms with E-state index in [1.54, 1.807) is 0 Å². The van der Waals surface area contributed by atoms with Gasteiger partial charge in [-0.2, -0.15) is 0 Å². The maximum Gasteiger partial charge on any atom is 0.225 e. The van der Waals surface area contributed by atoms with E-state index >= 15 is 0 Å². The van der Waals surface area contributed by atoms with Gasteiger partial charge in [0.25, 0.3) is 0 Å². The van der Waals surface area contributed by atoms with Crippen LogP contribution >= 0.6 is 0 Å². The van der Waals surface area contributed by atoms with Gasteiger partial charge in [-0.05, 0) is 12.8 Å². The molecule has 2 aliphatic rings. The van der Waals surface area contributed by atoms with Crippen molar-refractivity contribution in [1.29, 1.82) is 0 Å². The van der Waals surface area contributed by atoms with E-state index in [4.69, 9.17) is 0 Å². The zero-order chi connectivity index (χ0) is 6.97. The van der Waals surface area contributed by atoms with Crippen molar-refractivity contribution < 1.29 is 4.79 Å². The summed E-state index contributed by atoms with van der Waals surface area (Å²) in [5, 5.41) is 0. The molecule has 1 amide bonds. The molecule has 10 heavy (non-hydrogen) atoms. The van der Waals surface area contributed by atoms with Gasteiger partial charge in [-0.25, -0.2) is 0 Å². The van der Waals surface area contributed by atoms with Gasteiger partial charge in [0.15, 0.2) is 0 Å². The van der Waals surface area contributed by atoms with Gasteiger partial charge in [0.1, 0.15) is 0 Å². The van der Waals surface area contributed by atoms with E-state index in [-0.39, 0.29) is 0 Å². The Morgan fingerprint density at radius 1 is 1.50 bits per heavy atom. The number of nitrogens with zero attached hydrogens (tertiary/aromatic N) is 1. The quantitative estimate of drug-likeness (QED) is 0.359. The van der Waals surface area contributed by atoms with Crippen LogP contribution in [0, 0.1) is 0 Å². The standard InChI is InChI=1S/C8H11NO/c10-8-6-7-4-2-1-3-5-9(7)8/h1,3,7H,2,4-6H2. The SMILES string of the molecule is O=C1CC2CCC=CCN12. The summed E-state index contributed by atoms with van der Waals surface area (Å²) in [7, 11) is 0. The Kier molecular flexibility index (Phi) is 1.26. The molecule has 2 nitrogen and oxygen atoms in total. The van der Waals surface area contributed by atoms with Crippen LogP contribution in [0.1, 0.15) is 19.3 Å². The third kappa shape index (κ3) is 0.753. The highest BCUT2D eigenvalue weighted by Gasteiger charge is 2.34. The Hall–Kier alpha value is -0.790. The van der Waals surface area contributed by atoms with Gasteiger partial charge in [0, 0.05) is 19.0 Å². The molecule has 0 bridgehead atoms. The molecule has 0 aromatic rings. The van der Waals surface area contributed by atoms with Crippen LogP contribution in [-0.4, -0.2) is 23.4 Å². The van der Waals surface area contributed by atoms with Gasteiger partial charge in [-0.1, -0.05) is 12.2 Å². The highest BCUT2D eigenvalue weighted by atomic mass is 16.2. The maximum atomic E-state index is 10.9. The fourth-order valence-corrected chi connectivity index (χ4v) is 1.62. The summed E-state index contributed by atoms with van der Waals surface area (Å²) in [4.78, 5) is 12.9. The molecule has 0 N–H and O–H groups in total. The largest absolute Gasteiger partial charge is 0.335 e. The van der Waals surface area contributed by atoms with Crippen molar-refractivity contribution in [3.8, 4) is 0 Å². The molecule has 1 unspecified atom stereocenters. The molecule has 0 spiro atoms. The fourth-order valence-electron chi connectivity index (χ4n) is 1.62. The number of amides is 1. The average Bonchev–Trinajstić information content (AvgIpc) is 2.09. The predicted octanol–water partition coefficient (Wildman–Crippen LogP) is 0.937. The van der Waals surface area contributed by atoms with Crippen molar-refractivity contribution in [1.82, 2.24) is 4.90 Å². The molecule has 2 aliphatic heterocycles. The van der Waals surface area contributed by atoms with Crippen molar-refractivity contribution in [3.63, 3.8) is 0 Å². The van der Waals surface area contributed by atoms with E-state index in [2.05, 4.69) is 12.2 Å². The number of hydrogen-bond donors (Lipinski definition) is 0. The van der Waals surface area contributed by atoms with E-state index < -0.39 is 0 Å². The van der Waals surface area contributed by atoms with Gasteiger partial charge in [-0.3, -0.25) is 4.79 Å². The van der Waals surface area contributed by atoms with Gasteiger partial charge in [0.2, 0.25) is 5.91 Å². The molecule has 0 aromatic carbocycles. The Labute approximate surface area is 60.5 Å². The first-order valence-electron chi connectivity index (χ1n) is 3.82. The summed E-state index contributed by atoms with van der Waals surface area (Å²) < 4.78 is 0. The Morgan fingerprint density at radius 2 is 2.40 bits per heavy atom. The summed E-state index contributed by atoms with van der Waals surface area (Å²) in [6, 6.07) is 0.572. The highest BCUT2D eigenvalue weighted by molar-refractivity contribution is 5.83. The van der Waals surface area contributed by atoms with E-state index in [9.17, 15) is 4.79 Å². The molecule has 0 aromatic heterocycles. The number of fused-ring (bicyclic) bond motifs is 1. The molecule has 0 saturated carbocycles. The zero-order valence-electron chi connectivity index (χ0n) is 5.92. The molecule has 2 heteroatoms. The summed E-state index contributed by atoms with van der Waals surface area (Å²) in [6.07, 6.45) is 7.38. The maximum absolute atomic E-state index is 10.9. The van der Waals surface area contributed by atoms with Crippen LogP contribution in [0.2, 0.25) is 0 Å². The van der Waals surface area contributed by atoms with Gasteiger partial charge in [-0.15, -0.1) is 0 Å². The Morgan fingerprint density at radius 3 is 3.20 bits per heavy atom. The van der Waals surface area contributed by atoms with Crippen LogP contribution in [0.3, 0.4) is 0 Å². The second-order valence-electron chi connectivity index (χ2n) is 2.95. The topological polar surface area (TPSA) is 20.3 Å². The normalized spacial score (nSPS) is 31.0. The first-order chi connectivity index (χ1) is 4.88. The van der Waals surface area contributed by atoms with Gasteiger partial charge in [0.05, 0.1) is 0 Å². The lowest BCUT2D eigenvalue weighted by molar-refractivity contribution is -0.144. The predicted molar refractivity (Wildman–Crippen MR) is 38.5 cm³/mol. The lowest BCUT2D eigenvalue weighted by atomic mass is 9.99. The number of carbonyl (C=O) groups excluding carboxylic acids is 1. The average molecular weight is 137 g/mol. The second-order valence-corrected chi connectivity index (χ2v) is 2.95. The molecule has 54 valence electrons. The van der Waals surface area contributed by atoms with Crippen molar-refractivity contribution in [2.75, 3.05) is 6.54 Å². The van der Waals surface area contributed by atoms with Crippen LogP contribution in [0.5, 0.6) is 0 Å². The van der Waals surface area contributed by atoms with Crippen molar-refractivity contribution >= 4 is 5.91 Å². The summed E-state index contributed by atoms with van der Waals surface area (Å²) in [5.41, 5.74) is 0. The minimum Gasteiger partial charge on any atom is -0.335 e. The smallest absolute Gasteiger partial charge is 0.225 e. The van der Waals surface area contributed by atoms with Crippen molar-refractivity contribution in [2.24, 2.45) is 0 Å². The monoisotopic (exact) mass is 137 g/mol. The van der Waals surface area contributed by atoms with E-state index in [0.29, 0.717) is 11.9 Å². The van der Waals surface area contributed by atoms with E-state index in [0.717, 1.165) is 19.4 Å².